The summed E-state index contributed by atoms with van der Waals surface area (Å²) in [4.78, 5) is 24.1. The van der Waals surface area contributed by atoms with Gasteiger partial charge in [-0.3, -0.25) is 9.59 Å². The average Bonchev–Trinajstić information content (AvgIpc) is 3.11. The van der Waals surface area contributed by atoms with Crippen molar-refractivity contribution >= 4 is 17.8 Å². The number of aromatic hydroxyl groups is 1. The lowest BCUT2D eigenvalue weighted by Crippen LogP contribution is -2.68. The number of nitrogens with one attached hydrogen (secondary N) is 1. The number of carbonyl (C=O) groups excluding carboxylic acids is 2. The van der Waals surface area contributed by atoms with Gasteiger partial charge in [0.1, 0.15) is 48.8 Å². The fourth-order valence-corrected chi connectivity index (χ4v) is 4.18. The van der Waals surface area contributed by atoms with E-state index >= 15 is 0 Å². The second kappa shape index (κ2) is 11.2. The first kappa shape index (κ1) is 28.0. The predicted octanol–water partition coefficient (Wildman–Crippen LogP) is -2.83. The topological polar surface area (TPSA) is 215 Å². The van der Waals surface area contributed by atoms with E-state index in [4.69, 9.17) is 14.2 Å². The summed E-state index contributed by atoms with van der Waals surface area (Å²) in [6.07, 6.45) is -11.9. The molecule has 2 fully saturated rings. The van der Waals surface area contributed by atoms with Crippen LogP contribution in [0.2, 0.25) is 0 Å². The lowest BCUT2D eigenvalue weighted by molar-refractivity contribution is -0.199. The molecule has 36 heavy (non-hydrogen) atoms. The minimum absolute atomic E-state index is 0.0993. The van der Waals surface area contributed by atoms with Crippen LogP contribution in [0, 0.1) is 0 Å². The molecule has 0 aromatic heterocycles. The molecule has 10 atom stereocenters. The molecule has 1 aromatic rings. The highest BCUT2D eigenvalue weighted by Gasteiger charge is 2.50. The Morgan fingerprint density at radius 1 is 0.944 bits per heavy atom. The van der Waals surface area contributed by atoms with Crippen molar-refractivity contribution in [1.82, 2.24) is 5.32 Å². The van der Waals surface area contributed by atoms with Crippen molar-refractivity contribution in [2.45, 2.75) is 75.0 Å². The van der Waals surface area contributed by atoms with Gasteiger partial charge in [0.2, 0.25) is 12.2 Å². The van der Waals surface area contributed by atoms with E-state index < -0.39 is 72.9 Å². The monoisotopic (exact) mass is 513 g/mol. The summed E-state index contributed by atoms with van der Waals surface area (Å²) < 4.78 is 15.5. The molecule has 0 bridgehead atoms. The molecule has 2 aliphatic rings. The van der Waals surface area contributed by atoms with Crippen LogP contribution in [0.4, 0.5) is 0 Å². The van der Waals surface area contributed by atoms with Gasteiger partial charge >= 0.3 is 0 Å². The van der Waals surface area contributed by atoms with Crippen molar-refractivity contribution in [3.63, 3.8) is 0 Å². The van der Waals surface area contributed by atoms with Gasteiger partial charge in [-0.25, -0.2) is 0 Å². The van der Waals surface area contributed by atoms with Crippen LogP contribution in [-0.4, -0.2) is 116 Å². The first-order chi connectivity index (χ1) is 16.9. The van der Waals surface area contributed by atoms with Gasteiger partial charge in [0.15, 0.2) is 17.3 Å². The number of aliphatic hydroxyl groups is 6. The number of aliphatic hydroxyl groups excluding tert-OH is 6. The number of phenolic OH excluding ortho intramolecular Hbond substituents is 1. The molecule has 8 N–H and O–H groups in total. The van der Waals surface area contributed by atoms with Crippen molar-refractivity contribution in [3.05, 3.63) is 29.3 Å². The van der Waals surface area contributed by atoms with Crippen LogP contribution in [0.5, 0.6) is 11.5 Å². The lowest BCUT2D eigenvalue weighted by Gasteiger charge is -2.43. The molecule has 0 spiro atoms. The van der Waals surface area contributed by atoms with E-state index in [-0.39, 0.29) is 17.1 Å². The summed E-state index contributed by atoms with van der Waals surface area (Å²) in [5.74, 6) is -1.72. The van der Waals surface area contributed by atoms with Crippen molar-refractivity contribution < 1.29 is 59.5 Å². The summed E-state index contributed by atoms with van der Waals surface area (Å²) in [5.41, 5.74) is 0.452. The third-order valence-electron chi connectivity index (χ3n) is 6.27. The smallest absolute Gasteiger partial charge is 0.247 e. The highest BCUT2D eigenvalue weighted by atomic mass is 16.7. The highest BCUT2D eigenvalue weighted by Crippen LogP contribution is 2.32. The first-order valence-electron chi connectivity index (χ1n) is 11.1. The summed E-state index contributed by atoms with van der Waals surface area (Å²) in [7, 11) is 1.20. The summed E-state index contributed by atoms with van der Waals surface area (Å²) in [5, 5.41) is 73.4. The maximum absolute atomic E-state index is 12.6. The van der Waals surface area contributed by atoms with E-state index in [1.165, 1.54) is 45.2 Å². The van der Waals surface area contributed by atoms with Gasteiger partial charge < -0.3 is 55.3 Å². The van der Waals surface area contributed by atoms with E-state index in [0.717, 1.165) is 0 Å². The zero-order valence-electron chi connectivity index (χ0n) is 19.8. The van der Waals surface area contributed by atoms with Crippen LogP contribution in [-0.2, 0) is 19.1 Å². The molecule has 1 amide bonds. The maximum Gasteiger partial charge on any atom is 0.247 e. The van der Waals surface area contributed by atoms with Crippen LogP contribution in [0.3, 0.4) is 0 Å². The highest BCUT2D eigenvalue weighted by molar-refractivity contribution is 5.97. The molecular formula is C23H31NO12. The number of hydrogen-bond acceptors (Lipinski definition) is 12. The van der Waals surface area contributed by atoms with Gasteiger partial charge in [0.05, 0.1) is 6.04 Å². The quantitative estimate of drug-likeness (QED) is 0.173. The van der Waals surface area contributed by atoms with E-state index in [2.05, 4.69) is 5.32 Å². The molecule has 3 rings (SSSR count). The molecule has 0 radical (unpaired) electrons. The van der Waals surface area contributed by atoms with Gasteiger partial charge in [-0.2, -0.15) is 0 Å². The molecule has 200 valence electrons. The van der Waals surface area contributed by atoms with E-state index in [1.54, 1.807) is 0 Å². The SMILES string of the molecule is COC1[C@@H](O)[C@H](O)C(NC(=O)C(C)=Cc2ccc(O[C@@H]3O[C@H](C(C)=O)[C@@H](O)[C@@H]3O)c(O)c2)[C@@H](O)[C@H]1O. The Bertz CT molecular complexity index is 983. The van der Waals surface area contributed by atoms with Gasteiger partial charge in [-0.15, -0.1) is 0 Å². The van der Waals surface area contributed by atoms with Gasteiger partial charge in [-0.05, 0) is 37.6 Å². The van der Waals surface area contributed by atoms with Crippen LogP contribution >= 0.6 is 0 Å². The van der Waals surface area contributed by atoms with Crippen LogP contribution in [0.15, 0.2) is 23.8 Å². The Labute approximate surface area is 206 Å². The Morgan fingerprint density at radius 3 is 2.06 bits per heavy atom. The number of methoxy groups -OCH3 is 1. The number of phenols is 1. The van der Waals surface area contributed by atoms with Crippen molar-refractivity contribution in [2.75, 3.05) is 7.11 Å². The zero-order valence-corrected chi connectivity index (χ0v) is 19.8. The van der Waals surface area contributed by atoms with Gasteiger partial charge in [0.25, 0.3) is 0 Å². The van der Waals surface area contributed by atoms with Crippen LogP contribution in [0.1, 0.15) is 19.4 Å². The first-order valence-corrected chi connectivity index (χ1v) is 11.1. The fourth-order valence-electron chi connectivity index (χ4n) is 4.18. The number of hydrogen-bond donors (Lipinski definition) is 8. The van der Waals surface area contributed by atoms with Gasteiger partial charge in [-0.1, -0.05) is 6.07 Å². The Kier molecular flexibility index (Phi) is 8.69. The van der Waals surface area contributed by atoms with E-state index in [9.17, 15) is 45.3 Å². The molecule has 1 aromatic carbocycles. The van der Waals surface area contributed by atoms with Crippen molar-refractivity contribution in [1.29, 1.82) is 0 Å². The van der Waals surface area contributed by atoms with Gasteiger partial charge in [0, 0.05) is 12.7 Å². The minimum atomic E-state index is -1.61. The van der Waals surface area contributed by atoms with E-state index in [0.29, 0.717) is 5.56 Å². The number of amides is 1. The number of benzene rings is 1. The number of Topliss-reactive ketones (excluding diaryl/α,β-unsaturated/α-hetero) is 1. The van der Waals surface area contributed by atoms with Crippen LogP contribution in [0.25, 0.3) is 6.08 Å². The average molecular weight is 513 g/mol. The molecule has 2 unspecified atom stereocenters. The fraction of sp³-hybridized carbons (Fsp3) is 0.565. The second-order valence-corrected chi connectivity index (χ2v) is 8.85. The zero-order chi connectivity index (χ0) is 26.9. The molecule has 1 saturated heterocycles. The second-order valence-electron chi connectivity index (χ2n) is 8.85. The Morgan fingerprint density at radius 2 is 1.56 bits per heavy atom. The minimum Gasteiger partial charge on any atom is -0.504 e. The third kappa shape index (κ3) is 5.53. The standard InChI is InChI=1S/C23H31NO12/c1-8(22(33)24-13-14(27)16(29)21(34-3)17(30)15(13)28)6-10-4-5-12(11(26)7-10)35-23-19(32)18(31)20(36-23)9(2)25/h4-7,13-21,23,26-32H,1-3H3,(H,24,33)/t13?,14-,15-,16-,17+,18+,19+,20-,21?,23-/m1/s1. The number of carbonyl (C=O) groups is 2. The Balaban J connectivity index is 1.68. The van der Waals surface area contributed by atoms with Crippen molar-refractivity contribution in [2.24, 2.45) is 0 Å². The third-order valence-corrected chi connectivity index (χ3v) is 6.27. The Hall–Kier alpha value is -2.62. The molecule has 13 heteroatoms. The molecule has 13 nitrogen and oxygen atoms in total. The number of ketones is 1. The largest absolute Gasteiger partial charge is 0.504 e. The molecule has 1 heterocycles. The summed E-state index contributed by atoms with van der Waals surface area (Å²) in [6, 6.07) is 2.65. The number of rotatable bonds is 7. The number of ether oxygens (including phenoxy) is 3. The normalized spacial score (nSPS) is 37.0. The van der Waals surface area contributed by atoms with Crippen molar-refractivity contribution in [3.8, 4) is 11.5 Å². The van der Waals surface area contributed by atoms with E-state index in [1.807, 2.05) is 0 Å². The maximum atomic E-state index is 12.6. The predicted molar refractivity (Wildman–Crippen MR) is 120 cm³/mol. The molecule has 1 aliphatic heterocycles. The lowest BCUT2D eigenvalue weighted by atomic mass is 9.83. The summed E-state index contributed by atoms with van der Waals surface area (Å²) in [6.45, 7) is 2.62. The summed E-state index contributed by atoms with van der Waals surface area (Å²) >= 11 is 0. The molecule has 1 saturated carbocycles. The molecule has 1 aliphatic carbocycles. The van der Waals surface area contributed by atoms with Crippen LogP contribution < -0.4 is 10.1 Å². The molecular weight excluding hydrogens is 482 g/mol.